The van der Waals surface area contributed by atoms with Crippen LogP contribution in [0.15, 0.2) is 64.9 Å². The first-order valence-corrected chi connectivity index (χ1v) is 11.2. The fourth-order valence-electron chi connectivity index (χ4n) is 4.01. The van der Waals surface area contributed by atoms with Crippen LogP contribution in [0.4, 0.5) is 0 Å². The van der Waals surface area contributed by atoms with E-state index in [1.807, 2.05) is 62.4 Å². The molecule has 2 aromatic carbocycles. The van der Waals surface area contributed by atoms with Crippen LogP contribution in [-0.4, -0.2) is 29.8 Å². The van der Waals surface area contributed by atoms with Gasteiger partial charge in [-0.3, -0.25) is 9.79 Å². The predicted octanol–water partition coefficient (Wildman–Crippen LogP) is 5.87. The van der Waals surface area contributed by atoms with Gasteiger partial charge in [0.25, 0.3) is 0 Å². The van der Waals surface area contributed by atoms with E-state index in [4.69, 9.17) is 14.5 Å². The molecule has 0 aliphatic heterocycles. The Morgan fingerprint density at radius 3 is 2.34 bits per heavy atom. The van der Waals surface area contributed by atoms with Crippen molar-refractivity contribution in [3.63, 3.8) is 0 Å². The third-order valence-electron chi connectivity index (χ3n) is 5.42. The van der Waals surface area contributed by atoms with Gasteiger partial charge < -0.3 is 14.6 Å². The number of ketones is 1. The number of ether oxygens (including phenoxy) is 2. The Bertz CT molecular complexity index is 1010. The van der Waals surface area contributed by atoms with Crippen LogP contribution < -0.4 is 9.47 Å². The molecule has 32 heavy (non-hydrogen) atoms. The Hall–Kier alpha value is -3.08. The number of rotatable bonds is 8. The van der Waals surface area contributed by atoms with Crippen LogP contribution in [0.1, 0.15) is 51.7 Å². The summed E-state index contributed by atoms with van der Waals surface area (Å²) in [7, 11) is 0. The van der Waals surface area contributed by atoms with Gasteiger partial charge in [-0.15, -0.1) is 0 Å². The molecule has 0 heterocycles. The summed E-state index contributed by atoms with van der Waals surface area (Å²) in [4.78, 5) is 17.8. The maximum Gasteiger partial charge on any atom is 0.168 e. The predicted molar refractivity (Wildman–Crippen MR) is 128 cm³/mol. The van der Waals surface area contributed by atoms with Gasteiger partial charge in [-0.1, -0.05) is 50.2 Å². The van der Waals surface area contributed by atoms with E-state index < -0.39 is 0 Å². The number of allylic oxidation sites excluding steroid dienone is 2. The first-order chi connectivity index (χ1) is 15.3. The minimum atomic E-state index is -0.183. The maximum absolute atomic E-state index is 13.0. The number of Topliss-reactive ketones (excluding diaryl/α,β-unsaturated/α-hetero) is 1. The van der Waals surface area contributed by atoms with E-state index in [9.17, 15) is 9.90 Å². The van der Waals surface area contributed by atoms with Crippen molar-refractivity contribution in [1.29, 1.82) is 0 Å². The van der Waals surface area contributed by atoms with Crippen molar-refractivity contribution in [1.82, 2.24) is 0 Å². The molecule has 5 nitrogen and oxygen atoms in total. The number of aliphatic imine (C=N–C) groups is 1. The van der Waals surface area contributed by atoms with Gasteiger partial charge in [-0.25, -0.2) is 0 Å². The van der Waals surface area contributed by atoms with Gasteiger partial charge in [-0.05, 0) is 48.9 Å². The highest BCUT2D eigenvalue weighted by molar-refractivity contribution is 6.24. The minimum Gasteiger partial charge on any atom is -0.511 e. The first-order valence-electron chi connectivity index (χ1n) is 11.2. The van der Waals surface area contributed by atoms with Crippen LogP contribution in [0.5, 0.6) is 11.5 Å². The van der Waals surface area contributed by atoms with Crippen molar-refractivity contribution in [3.05, 3.63) is 71.0 Å². The number of carbonyl (C=O) groups is 1. The second-order valence-electron chi connectivity index (χ2n) is 8.84. The average molecular weight is 436 g/mol. The first kappa shape index (κ1) is 23.6. The molecule has 0 atom stereocenters. The lowest BCUT2D eigenvalue weighted by atomic mass is 9.73. The van der Waals surface area contributed by atoms with E-state index in [1.165, 1.54) is 0 Å². The van der Waals surface area contributed by atoms with E-state index in [2.05, 4.69) is 13.8 Å². The van der Waals surface area contributed by atoms with Gasteiger partial charge in [0.1, 0.15) is 5.76 Å². The fourth-order valence-corrected chi connectivity index (χ4v) is 4.01. The summed E-state index contributed by atoms with van der Waals surface area (Å²) in [5.74, 6) is 1.31. The molecule has 1 N–H and O–H groups in total. The highest BCUT2D eigenvalue weighted by Crippen LogP contribution is 2.36. The lowest BCUT2D eigenvalue weighted by Gasteiger charge is -2.31. The van der Waals surface area contributed by atoms with Crippen molar-refractivity contribution in [2.45, 2.75) is 53.5 Å². The van der Waals surface area contributed by atoms with E-state index >= 15 is 0 Å². The van der Waals surface area contributed by atoms with Crippen LogP contribution in [0.25, 0.3) is 0 Å². The third-order valence-corrected chi connectivity index (χ3v) is 5.42. The molecule has 1 saturated carbocycles. The monoisotopic (exact) mass is 435 g/mol. The quantitative estimate of drug-likeness (QED) is 0.416. The Labute approximate surface area is 190 Å². The SMILES string of the molecule is CCOc1ccc(CC(O)=C2C(=O)CC(C)(C)CC2=NCc2ccccc2)cc1OCC. The van der Waals surface area contributed by atoms with Crippen molar-refractivity contribution in [3.8, 4) is 11.5 Å². The van der Waals surface area contributed by atoms with E-state index in [0.29, 0.717) is 55.4 Å². The van der Waals surface area contributed by atoms with Gasteiger partial charge >= 0.3 is 0 Å². The molecule has 0 unspecified atom stereocenters. The number of hydrogen-bond donors (Lipinski definition) is 1. The molecular weight excluding hydrogens is 402 g/mol. The van der Waals surface area contributed by atoms with Crippen LogP contribution >= 0.6 is 0 Å². The minimum absolute atomic E-state index is 0.0541. The Balaban J connectivity index is 1.92. The molecule has 0 bridgehead atoms. The summed E-state index contributed by atoms with van der Waals surface area (Å²) in [5.41, 5.74) is 2.79. The maximum atomic E-state index is 13.0. The molecular formula is C27H33NO4. The zero-order valence-electron chi connectivity index (χ0n) is 19.5. The fraction of sp³-hybridized carbons (Fsp3) is 0.407. The summed E-state index contributed by atoms with van der Waals surface area (Å²) < 4.78 is 11.3. The van der Waals surface area contributed by atoms with Crippen LogP contribution in [0.3, 0.4) is 0 Å². The molecule has 170 valence electrons. The van der Waals surface area contributed by atoms with E-state index in [-0.39, 0.29) is 23.4 Å². The van der Waals surface area contributed by atoms with Crippen molar-refractivity contribution in [2.75, 3.05) is 13.2 Å². The Kier molecular flexibility index (Phi) is 7.73. The summed E-state index contributed by atoms with van der Waals surface area (Å²) in [5, 5.41) is 11.0. The lowest BCUT2D eigenvalue weighted by Crippen LogP contribution is -2.33. The van der Waals surface area contributed by atoms with Gasteiger partial charge in [-0.2, -0.15) is 0 Å². The van der Waals surface area contributed by atoms with Gasteiger partial charge in [0.2, 0.25) is 0 Å². The highest BCUT2D eigenvalue weighted by Gasteiger charge is 2.36. The number of aliphatic hydroxyl groups excluding tert-OH is 1. The zero-order valence-corrected chi connectivity index (χ0v) is 19.5. The van der Waals surface area contributed by atoms with Crippen LogP contribution in [0.2, 0.25) is 0 Å². The van der Waals surface area contributed by atoms with Gasteiger partial charge in [0, 0.05) is 18.6 Å². The molecule has 2 aromatic rings. The molecule has 0 amide bonds. The standard InChI is InChI=1S/C27H33NO4/c1-5-31-24-13-12-20(15-25(24)32-6-2)14-22(29)26-21(16-27(3,4)17-23(26)30)28-18-19-10-8-7-9-11-19/h7-13,15,29H,5-6,14,16-18H2,1-4H3. The van der Waals surface area contributed by atoms with Gasteiger partial charge in [0.15, 0.2) is 17.3 Å². The zero-order chi connectivity index (χ0) is 23.1. The topological polar surface area (TPSA) is 68.1 Å². The van der Waals surface area contributed by atoms with Crippen LogP contribution in [0, 0.1) is 5.41 Å². The molecule has 0 saturated heterocycles. The molecule has 1 fully saturated rings. The largest absolute Gasteiger partial charge is 0.511 e. The number of hydrogen-bond acceptors (Lipinski definition) is 5. The number of carbonyl (C=O) groups excluding carboxylic acids is 1. The van der Waals surface area contributed by atoms with Crippen molar-refractivity contribution < 1.29 is 19.4 Å². The molecule has 1 aliphatic rings. The molecule has 5 heteroatoms. The van der Waals surface area contributed by atoms with Crippen LogP contribution in [-0.2, 0) is 17.8 Å². The number of nitrogens with zero attached hydrogens (tertiary/aromatic N) is 1. The highest BCUT2D eigenvalue weighted by atomic mass is 16.5. The second kappa shape index (κ2) is 10.5. The van der Waals surface area contributed by atoms with Gasteiger partial charge in [0.05, 0.1) is 25.3 Å². The Morgan fingerprint density at radius 1 is 0.969 bits per heavy atom. The molecule has 3 rings (SSSR count). The average Bonchev–Trinajstić information content (AvgIpc) is 2.74. The summed E-state index contributed by atoms with van der Waals surface area (Å²) in [6.07, 6.45) is 1.28. The second-order valence-corrected chi connectivity index (χ2v) is 8.84. The Morgan fingerprint density at radius 2 is 1.66 bits per heavy atom. The summed E-state index contributed by atoms with van der Waals surface area (Å²) in [6, 6.07) is 15.5. The smallest absolute Gasteiger partial charge is 0.168 e. The molecule has 0 spiro atoms. The number of aliphatic hydroxyl groups is 1. The normalized spacial score (nSPS) is 18.5. The summed E-state index contributed by atoms with van der Waals surface area (Å²) in [6.45, 7) is 9.51. The summed E-state index contributed by atoms with van der Waals surface area (Å²) >= 11 is 0. The van der Waals surface area contributed by atoms with E-state index in [0.717, 1.165) is 11.1 Å². The van der Waals surface area contributed by atoms with Crippen molar-refractivity contribution in [2.24, 2.45) is 10.4 Å². The number of benzene rings is 2. The molecule has 1 aliphatic carbocycles. The van der Waals surface area contributed by atoms with E-state index in [1.54, 1.807) is 0 Å². The third kappa shape index (κ3) is 6.00. The molecule has 0 radical (unpaired) electrons. The lowest BCUT2D eigenvalue weighted by molar-refractivity contribution is -0.117. The molecule has 0 aromatic heterocycles. The van der Waals surface area contributed by atoms with Crippen molar-refractivity contribution >= 4 is 11.5 Å².